The molecule has 2 aromatic rings. The Morgan fingerprint density at radius 2 is 1.93 bits per heavy atom. The van der Waals surface area contributed by atoms with Gasteiger partial charge >= 0.3 is 6.03 Å². The summed E-state index contributed by atoms with van der Waals surface area (Å²) in [5.74, 6) is -1.45. The van der Waals surface area contributed by atoms with Gasteiger partial charge in [0.15, 0.2) is 0 Å². The van der Waals surface area contributed by atoms with Crippen molar-refractivity contribution in [2.45, 2.75) is 38.6 Å². The number of sulfone groups is 1. The first-order chi connectivity index (χ1) is 13.1. The number of carbonyl (C=O) groups excluding carboxylic acids is 2. The van der Waals surface area contributed by atoms with E-state index < -0.39 is 27.7 Å². The van der Waals surface area contributed by atoms with E-state index in [9.17, 15) is 18.0 Å². The number of anilines is 2. The van der Waals surface area contributed by atoms with E-state index in [1.54, 1.807) is 13.8 Å². The average Bonchev–Trinajstić information content (AvgIpc) is 2.59. The number of amides is 3. The highest BCUT2D eigenvalue weighted by Crippen LogP contribution is 2.26. The van der Waals surface area contributed by atoms with Crippen molar-refractivity contribution in [3.63, 3.8) is 0 Å². The Balaban J connectivity index is 2.34. The van der Waals surface area contributed by atoms with Crippen LogP contribution in [0.3, 0.4) is 0 Å². The summed E-state index contributed by atoms with van der Waals surface area (Å²) in [6.07, 6.45) is 2.66. The minimum atomic E-state index is -4.03. The number of nitrogens with zero attached hydrogens (tertiary/aromatic N) is 2. The molecule has 9 heteroatoms. The summed E-state index contributed by atoms with van der Waals surface area (Å²) >= 11 is 0. The van der Waals surface area contributed by atoms with Gasteiger partial charge in [-0.2, -0.15) is 0 Å². The molecule has 0 aliphatic rings. The monoisotopic (exact) mass is 404 g/mol. The molecule has 0 bridgehead atoms. The predicted molar refractivity (Wildman–Crippen MR) is 107 cm³/mol. The van der Waals surface area contributed by atoms with Gasteiger partial charge in [-0.15, -0.1) is 0 Å². The van der Waals surface area contributed by atoms with E-state index in [-0.39, 0.29) is 10.9 Å². The van der Waals surface area contributed by atoms with Crippen molar-refractivity contribution in [3.8, 4) is 0 Å². The molecular weight excluding hydrogens is 380 g/mol. The third kappa shape index (κ3) is 5.53. The lowest BCUT2D eigenvalue weighted by atomic mass is 10.2. The lowest BCUT2D eigenvalue weighted by Gasteiger charge is -2.22. The first-order valence-electron chi connectivity index (χ1n) is 8.69. The van der Waals surface area contributed by atoms with Gasteiger partial charge in [0.2, 0.25) is 15.7 Å². The molecule has 2 N–H and O–H groups in total. The van der Waals surface area contributed by atoms with Gasteiger partial charge in [-0.05, 0) is 44.5 Å². The van der Waals surface area contributed by atoms with E-state index in [1.807, 2.05) is 31.2 Å². The Morgan fingerprint density at radius 1 is 1.21 bits per heavy atom. The third-order valence-electron chi connectivity index (χ3n) is 3.75. The quantitative estimate of drug-likeness (QED) is 0.766. The van der Waals surface area contributed by atoms with E-state index >= 15 is 0 Å². The number of carbonyl (C=O) groups is 2. The summed E-state index contributed by atoms with van der Waals surface area (Å²) in [7, 11) is -4.03. The van der Waals surface area contributed by atoms with Crippen LogP contribution in [-0.4, -0.2) is 42.2 Å². The van der Waals surface area contributed by atoms with E-state index in [1.165, 1.54) is 18.5 Å². The fourth-order valence-electron chi connectivity index (χ4n) is 2.47. The minimum Gasteiger partial charge on any atom is -0.354 e. The highest BCUT2D eigenvalue weighted by Gasteiger charge is 2.28. The lowest BCUT2D eigenvalue weighted by Crippen LogP contribution is -2.47. The van der Waals surface area contributed by atoms with Crippen molar-refractivity contribution >= 4 is 33.2 Å². The Labute approximate surface area is 164 Å². The minimum absolute atomic E-state index is 0.0971. The second kappa shape index (κ2) is 8.83. The van der Waals surface area contributed by atoms with Crippen LogP contribution in [0.25, 0.3) is 0 Å². The number of urea groups is 1. The number of aromatic nitrogens is 1. The number of imide groups is 1. The summed E-state index contributed by atoms with van der Waals surface area (Å²) in [6, 6.07) is 7.98. The van der Waals surface area contributed by atoms with Crippen molar-refractivity contribution in [2.24, 2.45) is 0 Å². The number of aryl methyl sites for hydroxylation is 1. The molecule has 0 fully saturated rings. The van der Waals surface area contributed by atoms with Gasteiger partial charge in [0.25, 0.3) is 0 Å². The maximum absolute atomic E-state index is 13.0. The number of pyridine rings is 1. The van der Waals surface area contributed by atoms with Crippen LogP contribution in [-0.2, 0) is 14.6 Å². The molecule has 0 unspecified atom stereocenters. The first kappa shape index (κ1) is 21.4. The van der Waals surface area contributed by atoms with Crippen LogP contribution in [0.4, 0.5) is 16.2 Å². The lowest BCUT2D eigenvalue weighted by molar-refractivity contribution is -0.125. The summed E-state index contributed by atoms with van der Waals surface area (Å²) in [6.45, 7) is 6.50. The van der Waals surface area contributed by atoms with Crippen LogP contribution in [0, 0.1) is 6.92 Å². The SMILES string of the molecule is CC(=O)N(CS(=O)(=O)c1cnccc1Nc1cccc(C)c1)C(=O)NC(C)C. The zero-order valence-electron chi connectivity index (χ0n) is 16.3. The Morgan fingerprint density at radius 3 is 2.54 bits per heavy atom. The number of benzene rings is 1. The molecular formula is C19H24N4O4S. The predicted octanol–water partition coefficient (Wildman–Crippen LogP) is 2.83. The zero-order chi connectivity index (χ0) is 20.9. The second-order valence-corrected chi connectivity index (χ2v) is 8.59. The fraction of sp³-hybridized carbons (Fsp3) is 0.316. The van der Waals surface area contributed by atoms with Crippen LogP contribution in [0.2, 0.25) is 0 Å². The highest BCUT2D eigenvalue weighted by atomic mass is 32.2. The molecule has 1 aromatic heterocycles. The van der Waals surface area contributed by atoms with Gasteiger partial charge in [0, 0.05) is 31.0 Å². The highest BCUT2D eigenvalue weighted by molar-refractivity contribution is 7.91. The molecule has 0 aliphatic heterocycles. The number of hydrogen-bond acceptors (Lipinski definition) is 6. The molecule has 0 saturated heterocycles. The van der Waals surface area contributed by atoms with Crippen LogP contribution < -0.4 is 10.6 Å². The zero-order valence-corrected chi connectivity index (χ0v) is 17.1. The first-order valence-corrected chi connectivity index (χ1v) is 10.3. The van der Waals surface area contributed by atoms with Crippen molar-refractivity contribution in [1.29, 1.82) is 0 Å². The van der Waals surface area contributed by atoms with Crippen LogP contribution in [0.15, 0.2) is 47.6 Å². The molecule has 28 heavy (non-hydrogen) atoms. The van der Waals surface area contributed by atoms with Crippen molar-refractivity contribution < 1.29 is 18.0 Å². The van der Waals surface area contributed by atoms with E-state index in [2.05, 4.69) is 15.6 Å². The van der Waals surface area contributed by atoms with E-state index in [0.717, 1.165) is 12.5 Å². The fourth-order valence-corrected chi connectivity index (χ4v) is 3.92. The molecule has 2 rings (SSSR count). The largest absolute Gasteiger partial charge is 0.354 e. The van der Waals surface area contributed by atoms with Crippen molar-refractivity contribution in [3.05, 3.63) is 48.3 Å². The molecule has 0 atom stereocenters. The number of hydrogen-bond donors (Lipinski definition) is 2. The Kier molecular flexibility index (Phi) is 6.74. The maximum Gasteiger partial charge on any atom is 0.325 e. The summed E-state index contributed by atoms with van der Waals surface area (Å²) in [5, 5.41) is 5.59. The molecule has 1 aromatic carbocycles. The van der Waals surface area contributed by atoms with Crippen LogP contribution in [0.5, 0.6) is 0 Å². The molecule has 150 valence electrons. The Bertz CT molecular complexity index is 973. The third-order valence-corrected chi connectivity index (χ3v) is 5.35. The van der Waals surface area contributed by atoms with Crippen LogP contribution >= 0.6 is 0 Å². The van der Waals surface area contributed by atoms with E-state index in [0.29, 0.717) is 16.3 Å². The molecule has 0 spiro atoms. The van der Waals surface area contributed by atoms with Crippen molar-refractivity contribution in [1.82, 2.24) is 15.2 Å². The van der Waals surface area contributed by atoms with Gasteiger partial charge < -0.3 is 10.6 Å². The molecule has 1 heterocycles. The Hall–Kier alpha value is -2.94. The molecule has 0 radical (unpaired) electrons. The smallest absolute Gasteiger partial charge is 0.325 e. The van der Waals surface area contributed by atoms with Gasteiger partial charge in [0.05, 0.1) is 5.69 Å². The average molecular weight is 404 g/mol. The number of nitrogens with one attached hydrogen (secondary N) is 2. The van der Waals surface area contributed by atoms with Crippen LogP contribution in [0.1, 0.15) is 26.3 Å². The van der Waals surface area contributed by atoms with E-state index in [4.69, 9.17) is 0 Å². The summed E-state index contributed by atoms with van der Waals surface area (Å²) in [5.41, 5.74) is 2.04. The van der Waals surface area contributed by atoms with Gasteiger partial charge in [-0.25, -0.2) is 18.1 Å². The standard InChI is InChI=1S/C19H24N4O4S/c1-13(2)21-19(25)23(15(4)24)12-28(26,27)18-11-20-9-8-17(18)22-16-7-5-6-14(3)10-16/h5-11,13H,12H2,1-4H3,(H,20,22)(H,21,25). The topological polar surface area (TPSA) is 108 Å². The maximum atomic E-state index is 13.0. The number of rotatable bonds is 6. The second-order valence-electron chi connectivity index (χ2n) is 6.66. The molecule has 0 aliphatic carbocycles. The molecule has 3 amide bonds. The van der Waals surface area contributed by atoms with Gasteiger partial charge in [-0.3, -0.25) is 9.78 Å². The van der Waals surface area contributed by atoms with Crippen molar-refractivity contribution in [2.75, 3.05) is 11.2 Å². The molecule has 0 saturated carbocycles. The molecule has 8 nitrogen and oxygen atoms in total. The summed E-state index contributed by atoms with van der Waals surface area (Å²) in [4.78, 5) is 28.5. The normalized spacial score (nSPS) is 11.2. The summed E-state index contributed by atoms with van der Waals surface area (Å²) < 4.78 is 25.9. The van der Waals surface area contributed by atoms with Gasteiger partial charge in [-0.1, -0.05) is 12.1 Å². The van der Waals surface area contributed by atoms with Gasteiger partial charge in [0.1, 0.15) is 10.8 Å².